The van der Waals surface area contributed by atoms with Crippen LogP contribution in [0.4, 0.5) is 4.79 Å². The van der Waals surface area contributed by atoms with Gasteiger partial charge in [0.05, 0.1) is 5.02 Å². The zero-order valence-electron chi connectivity index (χ0n) is 16.4. The van der Waals surface area contributed by atoms with E-state index < -0.39 is 28.0 Å². The zero-order chi connectivity index (χ0) is 21.7. The monoisotopic (exact) mass is 450 g/mol. The molecule has 0 aliphatic carbocycles. The van der Waals surface area contributed by atoms with Gasteiger partial charge >= 0.3 is 6.03 Å². The van der Waals surface area contributed by atoms with Gasteiger partial charge in [-0.1, -0.05) is 54.1 Å². The first-order valence-corrected chi connectivity index (χ1v) is 11.2. The Morgan fingerprint density at radius 3 is 2.17 bits per heavy atom. The van der Waals surface area contributed by atoms with Crippen molar-refractivity contribution in [3.63, 3.8) is 0 Å². The average Bonchev–Trinajstić information content (AvgIpc) is 2.75. The lowest BCUT2D eigenvalue weighted by molar-refractivity contribution is -0.126. The highest BCUT2D eigenvalue weighted by Crippen LogP contribution is 2.27. The van der Waals surface area contributed by atoms with Gasteiger partial charge in [0, 0.05) is 33.2 Å². The summed E-state index contributed by atoms with van der Waals surface area (Å²) >= 11 is 6.08. The van der Waals surface area contributed by atoms with Crippen LogP contribution < -0.4 is 10.6 Å². The van der Waals surface area contributed by atoms with Crippen LogP contribution >= 0.6 is 11.6 Å². The molecule has 1 saturated heterocycles. The molecule has 3 amide bonds. The summed E-state index contributed by atoms with van der Waals surface area (Å²) in [5.41, 5.74) is 0.723. The molecule has 2 N–H and O–H groups in total. The Kier molecular flexibility index (Phi) is 7.09. The minimum absolute atomic E-state index is 0.0667. The lowest BCUT2D eigenvalue weighted by Crippen LogP contribution is -2.53. The van der Waals surface area contributed by atoms with Gasteiger partial charge in [0.1, 0.15) is 10.9 Å². The Morgan fingerprint density at radius 1 is 0.967 bits per heavy atom. The van der Waals surface area contributed by atoms with Crippen molar-refractivity contribution < 1.29 is 18.0 Å². The van der Waals surface area contributed by atoms with Crippen molar-refractivity contribution in [3.05, 3.63) is 65.2 Å². The number of urea groups is 1. The van der Waals surface area contributed by atoms with Gasteiger partial charge in [0.2, 0.25) is 15.9 Å². The van der Waals surface area contributed by atoms with E-state index in [1.54, 1.807) is 30.3 Å². The maximum Gasteiger partial charge on any atom is 0.321 e. The first-order valence-electron chi connectivity index (χ1n) is 9.41. The molecule has 0 saturated carbocycles. The molecule has 1 heterocycles. The maximum atomic E-state index is 13.0. The molecule has 2 aromatic rings. The van der Waals surface area contributed by atoms with Crippen LogP contribution in [0.5, 0.6) is 0 Å². The molecule has 1 unspecified atom stereocenters. The van der Waals surface area contributed by atoms with E-state index in [0.29, 0.717) is 13.1 Å². The predicted molar refractivity (Wildman–Crippen MR) is 114 cm³/mol. The van der Waals surface area contributed by atoms with E-state index >= 15 is 0 Å². The number of carbonyl (C=O) groups excluding carboxylic acids is 2. The third-order valence-corrected chi connectivity index (χ3v) is 7.32. The highest BCUT2D eigenvalue weighted by atomic mass is 35.5. The van der Waals surface area contributed by atoms with E-state index in [-0.39, 0.29) is 23.0 Å². The summed E-state index contributed by atoms with van der Waals surface area (Å²) in [7, 11) is -2.31. The number of piperazine rings is 1. The van der Waals surface area contributed by atoms with E-state index in [9.17, 15) is 18.0 Å². The molecule has 30 heavy (non-hydrogen) atoms. The quantitative estimate of drug-likeness (QED) is 0.724. The number of carbonyl (C=O) groups is 2. The molecule has 1 aliphatic rings. The first kappa shape index (κ1) is 22.2. The summed E-state index contributed by atoms with van der Waals surface area (Å²) in [6.45, 7) is 1.04. The van der Waals surface area contributed by atoms with Crippen molar-refractivity contribution in [3.8, 4) is 0 Å². The van der Waals surface area contributed by atoms with Crippen LogP contribution in [0.15, 0.2) is 59.5 Å². The Bertz CT molecular complexity index is 1010. The molecule has 0 radical (unpaired) electrons. The van der Waals surface area contributed by atoms with Crippen LogP contribution in [0, 0.1) is 0 Å². The molecule has 1 atom stereocenters. The zero-order valence-corrected chi connectivity index (χ0v) is 18.0. The van der Waals surface area contributed by atoms with Crippen LogP contribution in [-0.2, 0) is 14.8 Å². The summed E-state index contributed by atoms with van der Waals surface area (Å²) in [6, 6.07) is 14.1. The highest BCUT2D eigenvalue weighted by Gasteiger charge is 2.35. The van der Waals surface area contributed by atoms with Crippen molar-refractivity contribution in [1.29, 1.82) is 0 Å². The summed E-state index contributed by atoms with van der Waals surface area (Å²) in [4.78, 5) is 26.4. The number of halogens is 1. The molecule has 0 bridgehead atoms. The average molecular weight is 451 g/mol. The molecule has 160 valence electrons. The molecule has 2 aromatic carbocycles. The molecule has 1 aliphatic heterocycles. The van der Waals surface area contributed by atoms with Crippen molar-refractivity contribution in [2.75, 3.05) is 33.2 Å². The summed E-state index contributed by atoms with van der Waals surface area (Å²) < 4.78 is 27.3. The second kappa shape index (κ2) is 9.57. The second-order valence-electron chi connectivity index (χ2n) is 6.75. The molecule has 0 aromatic heterocycles. The van der Waals surface area contributed by atoms with Crippen LogP contribution in [0.3, 0.4) is 0 Å². The Morgan fingerprint density at radius 2 is 1.57 bits per heavy atom. The Balaban J connectivity index is 1.78. The van der Waals surface area contributed by atoms with Crippen LogP contribution in [0.25, 0.3) is 0 Å². The van der Waals surface area contributed by atoms with Crippen molar-refractivity contribution in [2.45, 2.75) is 10.9 Å². The van der Waals surface area contributed by atoms with Gasteiger partial charge in [-0.25, -0.2) is 13.2 Å². The smallest absolute Gasteiger partial charge is 0.321 e. The van der Waals surface area contributed by atoms with Gasteiger partial charge in [-0.2, -0.15) is 4.31 Å². The van der Waals surface area contributed by atoms with Gasteiger partial charge in [0.25, 0.3) is 0 Å². The normalized spacial score (nSPS) is 16.6. The second-order valence-corrected chi connectivity index (χ2v) is 9.07. The highest BCUT2D eigenvalue weighted by molar-refractivity contribution is 7.89. The Labute approximate surface area is 180 Å². The van der Waals surface area contributed by atoms with Crippen molar-refractivity contribution >= 4 is 33.6 Å². The Hall–Kier alpha value is -2.46. The standard InChI is InChI=1S/C20H23ClN4O4S/c1-22-20(27)23-19(26)18(15-7-3-2-4-8-15)24-11-13-25(14-12-24)30(28,29)17-10-6-5-9-16(17)21/h2-10,18H,11-14H2,1H3,(H2,22,23,26,27). The number of hydrogen-bond donors (Lipinski definition) is 2. The lowest BCUT2D eigenvalue weighted by atomic mass is 10.0. The number of imide groups is 1. The molecule has 0 spiro atoms. The van der Waals surface area contributed by atoms with Gasteiger partial charge < -0.3 is 5.32 Å². The summed E-state index contributed by atoms with van der Waals surface area (Å²) in [5.74, 6) is -0.469. The van der Waals surface area contributed by atoms with E-state index in [4.69, 9.17) is 11.6 Å². The van der Waals surface area contributed by atoms with Crippen LogP contribution in [0.2, 0.25) is 5.02 Å². The van der Waals surface area contributed by atoms with Gasteiger partial charge in [-0.15, -0.1) is 0 Å². The third kappa shape index (κ3) is 4.81. The molecular weight excluding hydrogens is 428 g/mol. The minimum Gasteiger partial charge on any atom is -0.341 e. The van der Waals surface area contributed by atoms with Crippen LogP contribution in [0.1, 0.15) is 11.6 Å². The van der Waals surface area contributed by atoms with E-state index in [0.717, 1.165) is 5.56 Å². The van der Waals surface area contributed by atoms with Gasteiger partial charge in [0.15, 0.2) is 0 Å². The molecule has 1 fully saturated rings. The maximum absolute atomic E-state index is 13.0. The van der Waals surface area contributed by atoms with E-state index in [2.05, 4.69) is 10.6 Å². The minimum atomic E-state index is -3.74. The third-order valence-electron chi connectivity index (χ3n) is 4.92. The SMILES string of the molecule is CNC(=O)NC(=O)C(c1ccccc1)N1CCN(S(=O)(=O)c2ccccc2Cl)CC1. The number of amides is 3. The van der Waals surface area contributed by atoms with Crippen molar-refractivity contribution in [1.82, 2.24) is 19.8 Å². The molecular formula is C20H23ClN4O4S. The number of hydrogen-bond acceptors (Lipinski definition) is 5. The molecule has 10 heteroatoms. The number of benzene rings is 2. The largest absolute Gasteiger partial charge is 0.341 e. The van der Waals surface area contributed by atoms with Crippen LogP contribution in [-0.4, -0.2) is 62.8 Å². The fourth-order valence-corrected chi connectivity index (χ4v) is 5.32. The summed E-state index contributed by atoms with van der Waals surface area (Å²) in [5, 5.41) is 4.86. The van der Waals surface area contributed by atoms with E-state index in [1.807, 2.05) is 23.1 Å². The topological polar surface area (TPSA) is 98.8 Å². The fraction of sp³-hybridized carbons (Fsp3) is 0.300. The molecule has 3 rings (SSSR count). The predicted octanol–water partition coefficient (Wildman–Crippen LogP) is 1.84. The summed E-state index contributed by atoms with van der Waals surface area (Å²) in [6.07, 6.45) is 0. The fourth-order valence-electron chi connectivity index (χ4n) is 3.40. The van der Waals surface area contributed by atoms with E-state index in [1.165, 1.54) is 17.4 Å². The number of nitrogens with zero attached hydrogens (tertiary/aromatic N) is 2. The van der Waals surface area contributed by atoms with Gasteiger partial charge in [-0.05, 0) is 17.7 Å². The van der Waals surface area contributed by atoms with Gasteiger partial charge in [-0.3, -0.25) is 15.0 Å². The molecule has 8 nitrogen and oxygen atoms in total. The van der Waals surface area contributed by atoms with Crippen molar-refractivity contribution in [2.24, 2.45) is 0 Å². The first-order chi connectivity index (χ1) is 14.3. The number of sulfonamides is 1. The lowest BCUT2D eigenvalue weighted by Gasteiger charge is -2.38. The number of rotatable bonds is 5. The number of nitrogens with one attached hydrogen (secondary N) is 2.